The average Bonchev–Trinajstić information content (AvgIpc) is 3.17. The predicted molar refractivity (Wildman–Crippen MR) is 95.9 cm³/mol. The van der Waals surface area contributed by atoms with E-state index >= 15 is 0 Å². The number of nitrogens with zero attached hydrogens (tertiary/aromatic N) is 3. The van der Waals surface area contributed by atoms with E-state index in [1.165, 1.54) is 11.9 Å². The second kappa shape index (κ2) is 6.85. The van der Waals surface area contributed by atoms with Gasteiger partial charge in [-0.15, -0.1) is 0 Å². The Kier molecular flexibility index (Phi) is 4.97. The van der Waals surface area contributed by atoms with E-state index in [2.05, 4.69) is 36.1 Å². The Bertz CT molecular complexity index is 652. The fraction of sp³-hybridized carbons (Fsp3) is 0.579. The van der Waals surface area contributed by atoms with Crippen molar-refractivity contribution in [2.45, 2.75) is 58.1 Å². The largest absolute Gasteiger partial charge is 0.387 e. The molecule has 1 fully saturated rings. The molecule has 1 aliphatic rings. The number of halogens is 1. The van der Waals surface area contributed by atoms with Crippen molar-refractivity contribution < 1.29 is 5.11 Å². The fourth-order valence-corrected chi connectivity index (χ4v) is 4.71. The molecule has 130 valence electrons. The van der Waals surface area contributed by atoms with Gasteiger partial charge in [-0.25, -0.2) is 4.98 Å². The third-order valence-electron chi connectivity index (χ3n) is 6.18. The van der Waals surface area contributed by atoms with Crippen LogP contribution in [0.3, 0.4) is 0 Å². The number of hydrogen-bond donors (Lipinski definition) is 1. The SMILES string of the molecule is CCC1(CC)CCC(Cc2ccc(Cl)cc2)C1(O)Cn1cncn1. The molecule has 1 saturated carbocycles. The quantitative estimate of drug-likeness (QED) is 0.855. The molecule has 0 radical (unpaired) electrons. The van der Waals surface area contributed by atoms with Crippen LogP contribution >= 0.6 is 11.6 Å². The van der Waals surface area contributed by atoms with Crippen LogP contribution in [0.4, 0.5) is 0 Å². The first-order valence-corrected chi connectivity index (χ1v) is 9.20. The first kappa shape index (κ1) is 17.4. The second-order valence-electron chi connectivity index (χ2n) is 7.07. The number of hydrogen-bond acceptors (Lipinski definition) is 3. The molecule has 4 nitrogen and oxygen atoms in total. The minimum Gasteiger partial charge on any atom is -0.387 e. The third kappa shape index (κ3) is 2.98. The second-order valence-corrected chi connectivity index (χ2v) is 7.51. The molecule has 1 aliphatic carbocycles. The minimum atomic E-state index is -0.774. The predicted octanol–water partition coefficient (Wildman–Crippen LogP) is 4.12. The number of aromatic nitrogens is 3. The van der Waals surface area contributed by atoms with E-state index in [9.17, 15) is 5.11 Å². The van der Waals surface area contributed by atoms with Gasteiger partial charge < -0.3 is 5.11 Å². The summed E-state index contributed by atoms with van der Waals surface area (Å²) in [5.74, 6) is 0.211. The molecule has 3 rings (SSSR count). The van der Waals surface area contributed by atoms with Gasteiger partial charge in [-0.3, -0.25) is 4.68 Å². The zero-order chi connectivity index (χ0) is 17.2. The lowest BCUT2D eigenvalue weighted by atomic mass is 9.67. The van der Waals surface area contributed by atoms with E-state index in [-0.39, 0.29) is 11.3 Å². The van der Waals surface area contributed by atoms with Gasteiger partial charge in [-0.05, 0) is 55.7 Å². The van der Waals surface area contributed by atoms with Gasteiger partial charge in [0.15, 0.2) is 0 Å². The number of aliphatic hydroxyl groups is 1. The molecule has 1 aromatic heterocycles. The molecule has 0 spiro atoms. The Balaban J connectivity index is 1.90. The maximum absolute atomic E-state index is 11.8. The van der Waals surface area contributed by atoms with Gasteiger partial charge in [0.1, 0.15) is 12.7 Å². The summed E-state index contributed by atoms with van der Waals surface area (Å²) in [5, 5.41) is 16.8. The molecule has 2 unspecified atom stereocenters. The Morgan fingerprint density at radius 2 is 1.96 bits per heavy atom. The highest BCUT2D eigenvalue weighted by Crippen LogP contribution is 2.55. The van der Waals surface area contributed by atoms with E-state index in [1.807, 2.05) is 12.1 Å². The Morgan fingerprint density at radius 3 is 2.54 bits per heavy atom. The molecule has 2 atom stereocenters. The maximum atomic E-state index is 11.8. The Labute approximate surface area is 148 Å². The lowest BCUT2D eigenvalue weighted by Crippen LogP contribution is -2.51. The molecule has 1 heterocycles. The molecule has 2 aromatic rings. The van der Waals surface area contributed by atoms with Gasteiger partial charge in [-0.2, -0.15) is 5.10 Å². The van der Waals surface area contributed by atoms with E-state index in [0.717, 1.165) is 37.1 Å². The summed E-state index contributed by atoms with van der Waals surface area (Å²) in [7, 11) is 0. The highest BCUT2D eigenvalue weighted by Gasteiger charge is 2.57. The van der Waals surface area contributed by atoms with Crippen LogP contribution in [0.15, 0.2) is 36.9 Å². The first-order valence-electron chi connectivity index (χ1n) is 8.82. The van der Waals surface area contributed by atoms with E-state index in [1.54, 1.807) is 11.0 Å². The maximum Gasteiger partial charge on any atom is 0.137 e. The van der Waals surface area contributed by atoms with Crippen molar-refractivity contribution >= 4 is 11.6 Å². The molecule has 1 aromatic carbocycles. The Morgan fingerprint density at radius 1 is 1.25 bits per heavy atom. The summed E-state index contributed by atoms with van der Waals surface area (Å²) in [5.41, 5.74) is 0.393. The van der Waals surface area contributed by atoms with Crippen LogP contribution < -0.4 is 0 Å². The summed E-state index contributed by atoms with van der Waals surface area (Å²) in [6.45, 7) is 4.90. The lowest BCUT2D eigenvalue weighted by Gasteiger charge is -2.44. The Hall–Kier alpha value is -1.39. The number of benzene rings is 1. The van der Waals surface area contributed by atoms with Crippen molar-refractivity contribution in [3.05, 3.63) is 47.5 Å². The molecule has 0 amide bonds. The summed E-state index contributed by atoms with van der Waals surface area (Å²) >= 11 is 6.00. The standard InChI is InChI=1S/C19H26ClN3O/c1-3-18(4-2)10-9-16(11-15-5-7-17(20)8-6-15)19(18,24)12-23-14-21-13-22-23/h5-8,13-14,16,24H,3-4,9-12H2,1-2H3. The van der Waals surface area contributed by atoms with Gasteiger partial charge in [0.25, 0.3) is 0 Å². The molecular formula is C19H26ClN3O. The molecule has 0 bridgehead atoms. The minimum absolute atomic E-state index is 0.0595. The van der Waals surface area contributed by atoms with Gasteiger partial charge >= 0.3 is 0 Å². The summed E-state index contributed by atoms with van der Waals surface area (Å²) in [6.07, 6.45) is 8.15. The molecule has 0 aliphatic heterocycles. The van der Waals surface area contributed by atoms with Crippen LogP contribution in [0.2, 0.25) is 5.02 Å². The van der Waals surface area contributed by atoms with Crippen LogP contribution in [0.5, 0.6) is 0 Å². The zero-order valence-electron chi connectivity index (χ0n) is 14.5. The van der Waals surface area contributed by atoms with Gasteiger partial charge in [0.2, 0.25) is 0 Å². The van der Waals surface area contributed by atoms with Crippen LogP contribution in [-0.4, -0.2) is 25.5 Å². The monoisotopic (exact) mass is 347 g/mol. The van der Waals surface area contributed by atoms with Crippen LogP contribution in [-0.2, 0) is 13.0 Å². The van der Waals surface area contributed by atoms with E-state index < -0.39 is 5.60 Å². The van der Waals surface area contributed by atoms with Crippen molar-refractivity contribution in [1.82, 2.24) is 14.8 Å². The molecule has 5 heteroatoms. The summed E-state index contributed by atoms with van der Waals surface area (Å²) in [4.78, 5) is 4.04. The fourth-order valence-electron chi connectivity index (χ4n) is 4.59. The molecule has 1 N–H and O–H groups in total. The average molecular weight is 348 g/mol. The summed E-state index contributed by atoms with van der Waals surface area (Å²) < 4.78 is 1.78. The normalized spacial score (nSPS) is 25.9. The van der Waals surface area contributed by atoms with Crippen LogP contribution in [0.25, 0.3) is 0 Å². The van der Waals surface area contributed by atoms with Crippen molar-refractivity contribution in [2.75, 3.05) is 0 Å². The highest BCUT2D eigenvalue weighted by molar-refractivity contribution is 6.30. The summed E-state index contributed by atoms with van der Waals surface area (Å²) in [6, 6.07) is 7.98. The van der Waals surface area contributed by atoms with Crippen LogP contribution in [0, 0.1) is 11.3 Å². The topological polar surface area (TPSA) is 50.9 Å². The van der Waals surface area contributed by atoms with Gasteiger partial charge in [0.05, 0.1) is 12.1 Å². The van der Waals surface area contributed by atoms with Gasteiger partial charge in [0, 0.05) is 10.4 Å². The lowest BCUT2D eigenvalue weighted by molar-refractivity contribution is -0.110. The molecule has 0 saturated heterocycles. The van der Waals surface area contributed by atoms with Crippen LogP contribution in [0.1, 0.15) is 45.1 Å². The number of rotatable bonds is 6. The smallest absolute Gasteiger partial charge is 0.137 e. The molecule has 24 heavy (non-hydrogen) atoms. The van der Waals surface area contributed by atoms with Crippen molar-refractivity contribution in [2.24, 2.45) is 11.3 Å². The van der Waals surface area contributed by atoms with Crippen molar-refractivity contribution in [1.29, 1.82) is 0 Å². The van der Waals surface area contributed by atoms with Gasteiger partial charge in [-0.1, -0.05) is 37.6 Å². The van der Waals surface area contributed by atoms with Crippen molar-refractivity contribution in [3.63, 3.8) is 0 Å². The molecular weight excluding hydrogens is 322 g/mol. The first-order chi connectivity index (χ1) is 11.5. The van der Waals surface area contributed by atoms with Crippen molar-refractivity contribution in [3.8, 4) is 0 Å². The van der Waals surface area contributed by atoms with E-state index in [0.29, 0.717) is 6.54 Å². The third-order valence-corrected chi connectivity index (χ3v) is 6.44. The highest BCUT2D eigenvalue weighted by atomic mass is 35.5. The zero-order valence-corrected chi connectivity index (χ0v) is 15.2. The van der Waals surface area contributed by atoms with E-state index in [4.69, 9.17) is 11.6 Å².